The van der Waals surface area contributed by atoms with Crippen LogP contribution in [-0.2, 0) is 9.59 Å². The van der Waals surface area contributed by atoms with Gasteiger partial charge in [-0.25, -0.2) is 4.79 Å². The van der Waals surface area contributed by atoms with Gasteiger partial charge in [0.15, 0.2) is 5.75 Å². The zero-order valence-electron chi connectivity index (χ0n) is 11.1. The van der Waals surface area contributed by atoms with Crippen molar-refractivity contribution in [2.45, 2.75) is 0 Å². The highest BCUT2D eigenvalue weighted by Crippen LogP contribution is 2.40. The van der Waals surface area contributed by atoms with Crippen LogP contribution in [0.3, 0.4) is 0 Å². The monoisotopic (exact) mass is 295 g/mol. The number of fused-ring (bicyclic) bond motifs is 5. The van der Waals surface area contributed by atoms with Gasteiger partial charge in [0.05, 0.1) is 5.69 Å². The maximum atomic E-state index is 12.0. The Hall–Kier alpha value is -3.35. The van der Waals surface area contributed by atoms with Crippen LogP contribution >= 0.6 is 0 Å². The number of anilines is 1. The number of carbonyl (C=O) groups excluding carboxylic acids is 1. The van der Waals surface area contributed by atoms with Crippen molar-refractivity contribution in [3.8, 4) is 5.75 Å². The predicted octanol–water partition coefficient (Wildman–Crippen LogP) is 1.33. The van der Waals surface area contributed by atoms with Gasteiger partial charge in [0.1, 0.15) is 23.2 Å². The Bertz CT molecular complexity index is 901. The number of carboxylic acids is 1. The van der Waals surface area contributed by atoms with E-state index in [0.29, 0.717) is 17.0 Å². The fourth-order valence-corrected chi connectivity index (χ4v) is 2.47. The first-order valence-corrected chi connectivity index (χ1v) is 6.45. The van der Waals surface area contributed by atoms with Crippen molar-refractivity contribution >= 4 is 28.5 Å². The largest absolute Gasteiger partial charge is 0.477 e. The number of benzene rings is 1. The van der Waals surface area contributed by atoms with Gasteiger partial charge in [-0.2, -0.15) is 0 Å². The molecule has 2 aromatic rings. The van der Waals surface area contributed by atoms with E-state index in [2.05, 4.69) is 10.3 Å². The van der Waals surface area contributed by atoms with Gasteiger partial charge < -0.3 is 20.1 Å². The minimum Gasteiger partial charge on any atom is -0.477 e. The maximum Gasteiger partial charge on any atom is 0.353 e. The lowest BCUT2D eigenvalue weighted by Crippen LogP contribution is -2.41. The highest BCUT2D eigenvalue weighted by molar-refractivity contribution is 6.07. The quantitative estimate of drug-likeness (QED) is 0.824. The molecule has 0 atom stereocenters. The molecule has 108 valence electrons. The van der Waals surface area contributed by atoms with Crippen LogP contribution in [0.1, 0.15) is 0 Å². The minimum absolute atomic E-state index is 0.198. The molecule has 2 N–H and O–H groups in total. The van der Waals surface area contributed by atoms with E-state index >= 15 is 0 Å². The molecule has 7 nitrogen and oxygen atoms in total. The summed E-state index contributed by atoms with van der Waals surface area (Å²) >= 11 is 0. The number of carbonyl (C=O) groups is 2. The molecule has 0 saturated heterocycles. The minimum atomic E-state index is -1.21. The van der Waals surface area contributed by atoms with Crippen LogP contribution in [0.15, 0.2) is 54.3 Å². The molecule has 3 heterocycles. The summed E-state index contributed by atoms with van der Waals surface area (Å²) in [4.78, 5) is 28.9. The van der Waals surface area contributed by atoms with Crippen molar-refractivity contribution in [3.05, 3.63) is 54.3 Å². The number of nitrogens with one attached hydrogen (secondary N) is 1. The molecule has 22 heavy (non-hydrogen) atoms. The molecule has 0 radical (unpaired) electrons. The van der Waals surface area contributed by atoms with Crippen molar-refractivity contribution in [2.24, 2.45) is 0 Å². The Balaban J connectivity index is 1.95. The number of hydrogen-bond donors (Lipinski definition) is 2. The van der Waals surface area contributed by atoms with E-state index in [9.17, 15) is 9.59 Å². The lowest BCUT2D eigenvalue weighted by molar-refractivity contribution is -0.134. The molecule has 0 bridgehead atoms. The SMILES string of the molecule is O=C(O)C1=CN2C(=COc3c2ccc2cccnc32)C(=O)N1. The van der Waals surface area contributed by atoms with Crippen molar-refractivity contribution in [1.82, 2.24) is 10.3 Å². The molecule has 2 aliphatic heterocycles. The summed E-state index contributed by atoms with van der Waals surface area (Å²) in [6, 6.07) is 7.32. The number of nitrogens with zero attached hydrogens (tertiary/aromatic N) is 2. The third kappa shape index (κ3) is 1.65. The molecular formula is C15H9N3O4. The normalized spacial score (nSPS) is 16.0. The van der Waals surface area contributed by atoms with Crippen molar-refractivity contribution in [2.75, 3.05) is 4.90 Å². The van der Waals surface area contributed by atoms with Crippen LogP contribution in [0, 0.1) is 0 Å². The number of aromatic nitrogens is 1. The molecule has 1 aromatic carbocycles. The van der Waals surface area contributed by atoms with Gasteiger partial charge in [-0.3, -0.25) is 9.78 Å². The summed E-state index contributed by atoms with van der Waals surface area (Å²) < 4.78 is 5.57. The van der Waals surface area contributed by atoms with Gasteiger partial charge in [0.2, 0.25) is 0 Å². The molecule has 0 unspecified atom stereocenters. The van der Waals surface area contributed by atoms with Gasteiger partial charge in [-0.15, -0.1) is 0 Å². The van der Waals surface area contributed by atoms with Crippen LogP contribution in [0.4, 0.5) is 5.69 Å². The number of aliphatic carboxylic acids is 1. The van der Waals surface area contributed by atoms with E-state index in [1.165, 1.54) is 17.4 Å². The van der Waals surface area contributed by atoms with Gasteiger partial charge in [-0.05, 0) is 12.1 Å². The fraction of sp³-hybridized carbons (Fsp3) is 0. The number of rotatable bonds is 1. The van der Waals surface area contributed by atoms with Crippen molar-refractivity contribution in [1.29, 1.82) is 0 Å². The van der Waals surface area contributed by atoms with E-state index in [0.717, 1.165) is 5.39 Å². The Morgan fingerprint density at radius 2 is 2.18 bits per heavy atom. The molecule has 0 spiro atoms. The van der Waals surface area contributed by atoms with Gasteiger partial charge in [-0.1, -0.05) is 12.1 Å². The topological polar surface area (TPSA) is 91.8 Å². The van der Waals surface area contributed by atoms with Crippen LogP contribution in [0.2, 0.25) is 0 Å². The number of hydrogen-bond acceptors (Lipinski definition) is 5. The molecule has 1 aromatic heterocycles. The molecule has 1 amide bonds. The van der Waals surface area contributed by atoms with E-state index < -0.39 is 11.9 Å². The molecule has 7 heteroatoms. The second-order valence-corrected chi connectivity index (χ2v) is 4.78. The molecule has 0 saturated carbocycles. The summed E-state index contributed by atoms with van der Waals surface area (Å²) in [6.45, 7) is 0. The van der Waals surface area contributed by atoms with Gasteiger partial charge in [0, 0.05) is 17.8 Å². The van der Waals surface area contributed by atoms with E-state index in [-0.39, 0.29) is 11.4 Å². The third-order valence-electron chi connectivity index (χ3n) is 3.48. The lowest BCUT2D eigenvalue weighted by atomic mass is 10.1. The van der Waals surface area contributed by atoms with Gasteiger partial charge in [0.25, 0.3) is 5.91 Å². The van der Waals surface area contributed by atoms with Crippen LogP contribution in [0.25, 0.3) is 10.9 Å². The van der Waals surface area contributed by atoms with Crippen molar-refractivity contribution in [3.63, 3.8) is 0 Å². The summed E-state index contributed by atoms with van der Waals surface area (Å²) in [5.74, 6) is -1.26. The summed E-state index contributed by atoms with van der Waals surface area (Å²) in [5, 5.41) is 12.3. The molecule has 0 fully saturated rings. The zero-order chi connectivity index (χ0) is 15.3. The lowest BCUT2D eigenvalue weighted by Gasteiger charge is -2.31. The Kier molecular flexibility index (Phi) is 2.43. The van der Waals surface area contributed by atoms with Gasteiger partial charge >= 0.3 is 5.97 Å². The first-order chi connectivity index (χ1) is 10.6. The smallest absolute Gasteiger partial charge is 0.353 e. The summed E-state index contributed by atoms with van der Waals surface area (Å²) in [7, 11) is 0. The Morgan fingerprint density at radius 3 is 3.00 bits per heavy atom. The van der Waals surface area contributed by atoms with Crippen LogP contribution < -0.4 is 15.0 Å². The van der Waals surface area contributed by atoms with Crippen LogP contribution in [-0.4, -0.2) is 22.0 Å². The first kappa shape index (κ1) is 12.4. The molecule has 4 rings (SSSR count). The highest BCUT2D eigenvalue weighted by Gasteiger charge is 2.32. The van der Waals surface area contributed by atoms with E-state index in [1.54, 1.807) is 12.3 Å². The third-order valence-corrected chi connectivity index (χ3v) is 3.48. The Labute approximate surface area is 124 Å². The molecule has 0 aliphatic carbocycles. The highest BCUT2D eigenvalue weighted by atomic mass is 16.5. The van der Waals surface area contributed by atoms with Crippen LogP contribution in [0.5, 0.6) is 5.75 Å². The number of ether oxygens (including phenoxy) is 1. The second kappa shape index (κ2) is 4.32. The maximum absolute atomic E-state index is 12.0. The predicted molar refractivity (Wildman–Crippen MR) is 76.8 cm³/mol. The molecular weight excluding hydrogens is 286 g/mol. The first-order valence-electron chi connectivity index (χ1n) is 6.45. The van der Waals surface area contributed by atoms with E-state index in [1.807, 2.05) is 18.2 Å². The fourth-order valence-electron chi connectivity index (χ4n) is 2.47. The summed E-state index contributed by atoms with van der Waals surface area (Å²) in [5.41, 5.74) is 1.23. The second-order valence-electron chi connectivity index (χ2n) is 4.78. The summed E-state index contributed by atoms with van der Waals surface area (Å²) in [6.07, 6.45) is 4.29. The standard InChI is InChI=1S/C15H9N3O4/c19-14-11-7-22-13-10(18(11)6-9(17-14)15(20)21)4-3-8-2-1-5-16-12(8)13/h1-7H,(H,17,19)(H,20,21). The average Bonchev–Trinajstić information content (AvgIpc) is 2.54. The van der Waals surface area contributed by atoms with E-state index in [4.69, 9.17) is 9.84 Å². The van der Waals surface area contributed by atoms with Crippen molar-refractivity contribution < 1.29 is 19.4 Å². The Morgan fingerprint density at radius 1 is 1.32 bits per heavy atom. The number of amides is 1. The number of pyridine rings is 1. The molecule has 2 aliphatic rings. The average molecular weight is 295 g/mol. The number of carboxylic acid groups (broad SMARTS) is 1. The zero-order valence-corrected chi connectivity index (χ0v) is 11.1.